The monoisotopic (exact) mass is 245 g/mol. The highest BCUT2D eigenvalue weighted by molar-refractivity contribution is 5.61. The maximum atomic E-state index is 5.73. The second kappa shape index (κ2) is 5.73. The highest BCUT2D eigenvalue weighted by Gasteiger charge is 2.13. The van der Waals surface area contributed by atoms with Crippen molar-refractivity contribution in [3.05, 3.63) is 30.2 Å². The fraction of sp³-hybridized carbons (Fsp3) is 0.462. The molecule has 5 nitrogen and oxygen atoms in total. The number of aromatic nitrogens is 4. The van der Waals surface area contributed by atoms with E-state index in [0.717, 1.165) is 29.9 Å². The summed E-state index contributed by atoms with van der Waals surface area (Å²) >= 11 is 0. The first-order chi connectivity index (χ1) is 8.72. The molecule has 0 aromatic carbocycles. The first-order valence-electron chi connectivity index (χ1n) is 6.25. The quantitative estimate of drug-likeness (QED) is 0.872. The summed E-state index contributed by atoms with van der Waals surface area (Å²) < 4.78 is 1.94. The van der Waals surface area contributed by atoms with Gasteiger partial charge in [0.1, 0.15) is 5.69 Å². The van der Waals surface area contributed by atoms with Crippen molar-refractivity contribution in [3.8, 4) is 11.3 Å². The smallest absolute Gasteiger partial charge is 0.104 e. The molecule has 2 rings (SSSR count). The van der Waals surface area contributed by atoms with Crippen molar-refractivity contribution in [3.63, 3.8) is 0 Å². The fourth-order valence-corrected chi connectivity index (χ4v) is 1.85. The third-order valence-electron chi connectivity index (χ3n) is 2.87. The van der Waals surface area contributed by atoms with Gasteiger partial charge >= 0.3 is 0 Å². The number of aryl methyl sites for hydroxylation is 1. The Balaban J connectivity index is 2.34. The van der Waals surface area contributed by atoms with Crippen LogP contribution in [0.1, 0.15) is 26.0 Å². The van der Waals surface area contributed by atoms with E-state index in [2.05, 4.69) is 29.1 Å². The van der Waals surface area contributed by atoms with Crippen LogP contribution in [0.15, 0.2) is 24.5 Å². The molecule has 18 heavy (non-hydrogen) atoms. The SMILES string of the molecule is CC(C)CCn1nnc(CN)c1-c1ccncc1. The molecule has 0 aliphatic rings. The minimum Gasteiger partial charge on any atom is -0.325 e. The van der Waals surface area contributed by atoms with Crippen molar-refractivity contribution in [1.82, 2.24) is 20.0 Å². The van der Waals surface area contributed by atoms with Gasteiger partial charge in [0.25, 0.3) is 0 Å². The summed E-state index contributed by atoms with van der Waals surface area (Å²) in [4.78, 5) is 4.03. The number of hydrogen-bond donors (Lipinski definition) is 1. The molecular formula is C13H19N5. The van der Waals surface area contributed by atoms with Crippen molar-refractivity contribution in [1.29, 1.82) is 0 Å². The lowest BCUT2D eigenvalue weighted by Gasteiger charge is -2.09. The first-order valence-corrected chi connectivity index (χ1v) is 6.25. The molecule has 0 unspecified atom stereocenters. The lowest BCUT2D eigenvalue weighted by molar-refractivity contribution is 0.481. The van der Waals surface area contributed by atoms with Crippen LogP contribution in [0.2, 0.25) is 0 Å². The number of hydrogen-bond acceptors (Lipinski definition) is 4. The highest BCUT2D eigenvalue weighted by Crippen LogP contribution is 2.21. The number of rotatable bonds is 5. The molecule has 5 heteroatoms. The van der Waals surface area contributed by atoms with Crippen LogP contribution >= 0.6 is 0 Å². The number of nitrogens with two attached hydrogens (primary N) is 1. The topological polar surface area (TPSA) is 69.6 Å². The van der Waals surface area contributed by atoms with E-state index in [1.165, 1.54) is 0 Å². The summed E-state index contributed by atoms with van der Waals surface area (Å²) in [6.45, 7) is 5.67. The van der Waals surface area contributed by atoms with Gasteiger partial charge < -0.3 is 5.73 Å². The molecule has 0 saturated carbocycles. The molecule has 0 amide bonds. The van der Waals surface area contributed by atoms with Crippen LogP contribution in [0.25, 0.3) is 11.3 Å². The minimum absolute atomic E-state index is 0.402. The summed E-state index contributed by atoms with van der Waals surface area (Å²) in [6, 6.07) is 3.92. The Morgan fingerprint density at radius 3 is 2.61 bits per heavy atom. The van der Waals surface area contributed by atoms with Crippen LogP contribution in [-0.2, 0) is 13.1 Å². The maximum absolute atomic E-state index is 5.73. The van der Waals surface area contributed by atoms with Gasteiger partial charge in [-0.15, -0.1) is 5.10 Å². The van der Waals surface area contributed by atoms with Crippen LogP contribution in [0.4, 0.5) is 0 Å². The van der Waals surface area contributed by atoms with Gasteiger partial charge in [0.2, 0.25) is 0 Å². The molecule has 0 aliphatic carbocycles. The zero-order chi connectivity index (χ0) is 13.0. The summed E-state index contributed by atoms with van der Waals surface area (Å²) in [7, 11) is 0. The number of pyridine rings is 1. The maximum Gasteiger partial charge on any atom is 0.104 e. The molecule has 0 aliphatic heterocycles. The molecule has 96 valence electrons. The Hall–Kier alpha value is -1.75. The van der Waals surface area contributed by atoms with Crippen LogP contribution in [-0.4, -0.2) is 20.0 Å². The van der Waals surface area contributed by atoms with E-state index < -0.39 is 0 Å². The van der Waals surface area contributed by atoms with Gasteiger partial charge in [-0.3, -0.25) is 4.98 Å². The molecular weight excluding hydrogens is 226 g/mol. The average Bonchev–Trinajstić information content (AvgIpc) is 2.80. The Kier molecular flexibility index (Phi) is 4.04. The van der Waals surface area contributed by atoms with Crippen LogP contribution < -0.4 is 5.73 Å². The Morgan fingerprint density at radius 2 is 2.00 bits per heavy atom. The summed E-state index contributed by atoms with van der Waals surface area (Å²) in [5.41, 5.74) is 8.65. The first kappa shape index (κ1) is 12.7. The predicted molar refractivity (Wildman–Crippen MR) is 70.6 cm³/mol. The highest BCUT2D eigenvalue weighted by atomic mass is 15.4. The molecule has 2 N–H and O–H groups in total. The van der Waals surface area contributed by atoms with Gasteiger partial charge in [0.15, 0.2) is 0 Å². The minimum atomic E-state index is 0.402. The zero-order valence-corrected chi connectivity index (χ0v) is 10.9. The molecule has 0 bridgehead atoms. The summed E-state index contributed by atoms with van der Waals surface area (Å²) in [5.74, 6) is 0.640. The van der Waals surface area contributed by atoms with Gasteiger partial charge in [-0.2, -0.15) is 0 Å². The van der Waals surface area contributed by atoms with E-state index in [1.54, 1.807) is 12.4 Å². The third-order valence-corrected chi connectivity index (χ3v) is 2.87. The largest absolute Gasteiger partial charge is 0.325 e. The molecule has 2 heterocycles. The van der Waals surface area contributed by atoms with E-state index >= 15 is 0 Å². The fourth-order valence-electron chi connectivity index (χ4n) is 1.85. The van der Waals surface area contributed by atoms with Crippen LogP contribution in [0.3, 0.4) is 0 Å². The lowest BCUT2D eigenvalue weighted by atomic mass is 10.1. The molecule has 0 fully saturated rings. The van der Waals surface area contributed by atoms with Crippen molar-refractivity contribution in [2.24, 2.45) is 11.7 Å². The van der Waals surface area contributed by atoms with Crippen molar-refractivity contribution in [2.45, 2.75) is 33.4 Å². The molecule has 0 radical (unpaired) electrons. The molecule has 0 saturated heterocycles. The summed E-state index contributed by atoms with van der Waals surface area (Å²) in [5, 5.41) is 8.36. The Morgan fingerprint density at radius 1 is 1.28 bits per heavy atom. The number of nitrogens with zero attached hydrogens (tertiary/aromatic N) is 4. The molecule has 0 atom stereocenters. The van der Waals surface area contributed by atoms with E-state index in [0.29, 0.717) is 12.5 Å². The third kappa shape index (κ3) is 2.73. The zero-order valence-electron chi connectivity index (χ0n) is 10.9. The van der Waals surface area contributed by atoms with Crippen LogP contribution in [0, 0.1) is 5.92 Å². The van der Waals surface area contributed by atoms with E-state index in [-0.39, 0.29) is 0 Å². The van der Waals surface area contributed by atoms with Crippen molar-refractivity contribution >= 4 is 0 Å². The van der Waals surface area contributed by atoms with Gasteiger partial charge in [-0.25, -0.2) is 4.68 Å². The second-order valence-corrected chi connectivity index (χ2v) is 4.73. The predicted octanol–water partition coefficient (Wildman–Crippen LogP) is 1.84. The average molecular weight is 245 g/mol. The standard InChI is InChI=1S/C13H19N5/c1-10(2)5-8-18-13(12(9-14)16-17-18)11-3-6-15-7-4-11/h3-4,6-7,10H,5,8-9,14H2,1-2H3. The lowest BCUT2D eigenvalue weighted by Crippen LogP contribution is -2.06. The van der Waals surface area contributed by atoms with Crippen LogP contribution in [0.5, 0.6) is 0 Å². The molecule has 2 aromatic rings. The molecule has 2 aromatic heterocycles. The van der Waals surface area contributed by atoms with Crippen molar-refractivity contribution < 1.29 is 0 Å². The van der Waals surface area contributed by atoms with Crippen molar-refractivity contribution in [2.75, 3.05) is 0 Å². The van der Waals surface area contributed by atoms with E-state index in [4.69, 9.17) is 5.73 Å². The van der Waals surface area contributed by atoms with Gasteiger partial charge in [0.05, 0.1) is 5.69 Å². The van der Waals surface area contributed by atoms with Gasteiger partial charge in [-0.05, 0) is 24.5 Å². The van der Waals surface area contributed by atoms with Gasteiger partial charge in [0, 0.05) is 31.0 Å². The molecule has 0 spiro atoms. The summed E-state index contributed by atoms with van der Waals surface area (Å²) in [6.07, 6.45) is 4.62. The Labute approximate surface area is 107 Å². The van der Waals surface area contributed by atoms with E-state index in [9.17, 15) is 0 Å². The van der Waals surface area contributed by atoms with E-state index in [1.807, 2.05) is 16.8 Å². The normalized spacial score (nSPS) is 11.1. The van der Waals surface area contributed by atoms with Gasteiger partial charge in [-0.1, -0.05) is 19.1 Å². The Bertz CT molecular complexity index is 489. The second-order valence-electron chi connectivity index (χ2n) is 4.73.